The van der Waals surface area contributed by atoms with Gasteiger partial charge in [-0.15, -0.1) is 0 Å². The summed E-state index contributed by atoms with van der Waals surface area (Å²) < 4.78 is 0. The molecule has 0 saturated heterocycles. The lowest BCUT2D eigenvalue weighted by molar-refractivity contribution is 0.0612. The van der Waals surface area contributed by atoms with Crippen LogP contribution in [0, 0.1) is 0 Å². The lowest BCUT2D eigenvalue weighted by atomic mass is 9.97. The Morgan fingerprint density at radius 2 is 1.36 bits per heavy atom. The van der Waals surface area contributed by atoms with Gasteiger partial charge in [-0.3, -0.25) is 14.5 Å². The highest BCUT2D eigenvalue weighted by atomic mass is 16.2. The zero-order valence-electron chi connectivity index (χ0n) is 12.0. The third kappa shape index (κ3) is 1.90. The molecule has 1 heterocycles. The Morgan fingerprint density at radius 1 is 0.773 bits per heavy atom. The highest BCUT2D eigenvalue weighted by Gasteiger charge is 2.40. The zero-order chi connectivity index (χ0) is 15.1. The first kappa shape index (κ1) is 13.0. The van der Waals surface area contributed by atoms with Gasteiger partial charge in [-0.05, 0) is 24.1 Å². The Balaban J connectivity index is 1.60. The van der Waals surface area contributed by atoms with Gasteiger partial charge in [-0.2, -0.15) is 0 Å². The lowest BCUT2D eigenvalue weighted by Gasteiger charge is -2.21. The Morgan fingerprint density at radius 3 is 2.00 bits per heavy atom. The van der Waals surface area contributed by atoms with E-state index in [0.29, 0.717) is 11.1 Å². The van der Waals surface area contributed by atoms with E-state index in [9.17, 15) is 9.59 Å². The number of benzene rings is 2. The molecule has 2 atom stereocenters. The summed E-state index contributed by atoms with van der Waals surface area (Å²) in [6.45, 7) is 0. The van der Waals surface area contributed by atoms with Crippen LogP contribution in [-0.2, 0) is 0 Å². The molecule has 108 valence electrons. The van der Waals surface area contributed by atoms with Gasteiger partial charge < -0.3 is 0 Å². The standard InChI is InChI=1S/C19H15NO2/c21-18-16-8-4-5-9-17(16)19(22)20(18)15-11-10-14(12-15)13-6-2-1-3-7-13/h1-11,14-15H,12H2/t14-,15+/m1/s1. The van der Waals surface area contributed by atoms with Gasteiger partial charge in [0, 0.05) is 5.92 Å². The molecule has 3 heteroatoms. The van der Waals surface area contributed by atoms with Crippen molar-refractivity contribution in [2.45, 2.75) is 18.4 Å². The molecule has 1 aliphatic carbocycles. The van der Waals surface area contributed by atoms with Crippen molar-refractivity contribution >= 4 is 11.8 Å². The number of fused-ring (bicyclic) bond motifs is 1. The zero-order valence-corrected chi connectivity index (χ0v) is 12.0. The van der Waals surface area contributed by atoms with Gasteiger partial charge in [0.05, 0.1) is 17.2 Å². The molecule has 2 amide bonds. The highest BCUT2D eigenvalue weighted by Crippen LogP contribution is 2.34. The number of rotatable bonds is 2. The summed E-state index contributed by atoms with van der Waals surface area (Å²) in [6.07, 6.45) is 4.85. The van der Waals surface area contributed by atoms with Gasteiger partial charge in [0.15, 0.2) is 0 Å². The number of imide groups is 1. The molecule has 0 radical (unpaired) electrons. The Kier molecular flexibility index (Phi) is 2.93. The molecule has 22 heavy (non-hydrogen) atoms. The third-order valence-corrected chi connectivity index (χ3v) is 4.45. The Bertz CT molecular complexity index is 744. The van der Waals surface area contributed by atoms with Gasteiger partial charge in [0.1, 0.15) is 0 Å². The molecule has 0 saturated carbocycles. The third-order valence-electron chi connectivity index (χ3n) is 4.45. The first-order chi connectivity index (χ1) is 10.8. The van der Waals surface area contributed by atoms with Crippen molar-refractivity contribution in [2.75, 3.05) is 0 Å². The molecular formula is C19H15NO2. The minimum Gasteiger partial charge on any atom is -0.269 e. The van der Waals surface area contributed by atoms with E-state index < -0.39 is 0 Å². The predicted molar refractivity (Wildman–Crippen MR) is 83.7 cm³/mol. The maximum atomic E-state index is 12.5. The minimum atomic E-state index is -0.177. The molecule has 3 nitrogen and oxygen atoms in total. The number of carbonyl (C=O) groups is 2. The normalized spacial score (nSPS) is 23.2. The second-order valence-electron chi connectivity index (χ2n) is 5.73. The Hall–Kier alpha value is -2.68. The summed E-state index contributed by atoms with van der Waals surface area (Å²) in [5, 5.41) is 0. The van der Waals surface area contributed by atoms with Crippen LogP contribution in [0.3, 0.4) is 0 Å². The monoisotopic (exact) mass is 289 g/mol. The second kappa shape index (κ2) is 4.95. The molecule has 2 aliphatic rings. The average Bonchev–Trinajstić information content (AvgIpc) is 3.13. The van der Waals surface area contributed by atoms with Gasteiger partial charge in [0.2, 0.25) is 0 Å². The average molecular weight is 289 g/mol. The topological polar surface area (TPSA) is 37.4 Å². The molecule has 4 rings (SSSR count). The van der Waals surface area contributed by atoms with Crippen LogP contribution in [0.5, 0.6) is 0 Å². The summed E-state index contributed by atoms with van der Waals surface area (Å²) in [4.78, 5) is 26.4. The van der Waals surface area contributed by atoms with Crippen LogP contribution in [0.2, 0.25) is 0 Å². The number of nitrogens with zero attached hydrogens (tertiary/aromatic N) is 1. The first-order valence-electron chi connectivity index (χ1n) is 7.46. The fourth-order valence-corrected chi connectivity index (χ4v) is 3.33. The number of hydrogen-bond acceptors (Lipinski definition) is 2. The van der Waals surface area contributed by atoms with Gasteiger partial charge in [-0.1, -0.05) is 54.6 Å². The van der Waals surface area contributed by atoms with Crippen LogP contribution in [0.4, 0.5) is 0 Å². The van der Waals surface area contributed by atoms with E-state index >= 15 is 0 Å². The number of carbonyl (C=O) groups excluding carboxylic acids is 2. The fourth-order valence-electron chi connectivity index (χ4n) is 3.33. The van der Waals surface area contributed by atoms with Gasteiger partial charge >= 0.3 is 0 Å². The van der Waals surface area contributed by atoms with Gasteiger partial charge in [0.25, 0.3) is 11.8 Å². The van der Waals surface area contributed by atoms with Crippen molar-refractivity contribution in [2.24, 2.45) is 0 Å². The molecule has 0 bridgehead atoms. The van der Waals surface area contributed by atoms with E-state index in [0.717, 1.165) is 6.42 Å². The van der Waals surface area contributed by atoms with E-state index in [1.165, 1.54) is 10.5 Å². The molecule has 0 fully saturated rings. The lowest BCUT2D eigenvalue weighted by Crippen LogP contribution is -2.37. The molecule has 2 aromatic carbocycles. The molecule has 0 spiro atoms. The summed E-state index contributed by atoms with van der Waals surface area (Å²) in [5.41, 5.74) is 2.26. The van der Waals surface area contributed by atoms with E-state index in [2.05, 4.69) is 18.2 Å². The fraction of sp³-hybridized carbons (Fsp3) is 0.158. The van der Waals surface area contributed by atoms with Crippen molar-refractivity contribution in [1.82, 2.24) is 4.90 Å². The Labute approximate surface area is 128 Å². The highest BCUT2D eigenvalue weighted by molar-refractivity contribution is 6.21. The van der Waals surface area contributed by atoms with Crippen LogP contribution >= 0.6 is 0 Å². The van der Waals surface area contributed by atoms with Gasteiger partial charge in [-0.25, -0.2) is 0 Å². The van der Waals surface area contributed by atoms with E-state index in [1.54, 1.807) is 24.3 Å². The van der Waals surface area contributed by atoms with Crippen molar-refractivity contribution in [3.8, 4) is 0 Å². The first-order valence-corrected chi connectivity index (χ1v) is 7.46. The largest absolute Gasteiger partial charge is 0.269 e. The smallest absolute Gasteiger partial charge is 0.262 e. The summed E-state index contributed by atoms with van der Waals surface area (Å²) >= 11 is 0. The quantitative estimate of drug-likeness (QED) is 0.627. The van der Waals surface area contributed by atoms with E-state index in [4.69, 9.17) is 0 Å². The van der Waals surface area contributed by atoms with Crippen molar-refractivity contribution in [3.63, 3.8) is 0 Å². The van der Waals surface area contributed by atoms with Crippen molar-refractivity contribution in [1.29, 1.82) is 0 Å². The molecule has 0 N–H and O–H groups in total. The molecule has 1 aliphatic heterocycles. The predicted octanol–water partition coefficient (Wildman–Crippen LogP) is 3.39. The van der Waals surface area contributed by atoms with Crippen molar-refractivity contribution < 1.29 is 9.59 Å². The summed E-state index contributed by atoms with van der Waals surface area (Å²) in [7, 11) is 0. The molecule has 0 aromatic heterocycles. The molecule has 2 aromatic rings. The van der Waals surface area contributed by atoms with Crippen LogP contribution in [-0.4, -0.2) is 22.8 Å². The SMILES string of the molecule is O=C1c2ccccc2C(=O)N1[C@H]1C=C[C@@H](c2ccccc2)C1. The molecular weight excluding hydrogens is 274 g/mol. The van der Waals surface area contributed by atoms with Crippen LogP contribution in [0.1, 0.15) is 38.6 Å². The maximum absolute atomic E-state index is 12.5. The van der Waals surface area contributed by atoms with Crippen LogP contribution in [0.15, 0.2) is 66.7 Å². The molecule has 0 unspecified atom stereocenters. The minimum absolute atomic E-state index is 0.155. The van der Waals surface area contributed by atoms with E-state index in [-0.39, 0.29) is 23.8 Å². The number of amides is 2. The van der Waals surface area contributed by atoms with Crippen LogP contribution < -0.4 is 0 Å². The summed E-state index contributed by atoms with van der Waals surface area (Å²) in [5.74, 6) is -0.0940. The summed E-state index contributed by atoms with van der Waals surface area (Å²) in [6, 6.07) is 17.1. The van der Waals surface area contributed by atoms with Crippen molar-refractivity contribution in [3.05, 3.63) is 83.4 Å². The second-order valence-corrected chi connectivity index (χ2v) is 5.73. The van der Waals surface area contributed by atoms with E-state index in [1.807, 2.05) is 24.3 Å². The number of hydrogen-bond donors (Lipinski definition) is 0. The maximum Gasteiger partial charge on any atom is 0.262 e. The number of allylic oxidation sites excluding steroid dienone is 1. The van der Waals surface area contributed by atoms with Crippen LogP contribution in [0.25, 0.3) is 0 Å².